The van der Waals surface area contributed by atoms with Gasteiger partial charge in [-0.2, -0.15) is 0 Å². The first-order valence-corrected chi connectivity index (χ1v) is 12.2. The number of benzene rings is 2. The Bertz CT molecular complexity index is 1250. The molecule has 34 heavy (non-hydrogen) atoms. The number of esters is 1. The van der Waals surface area contributed by atoms with E-state index >= 15 is 0 Å². The van der Waals surface area contributed by atoms with E-state index in [0.29, 0.717) is 16.1 Å². The van der Waals surface area contributed by atoms with Gasteiger partial charge in [-0.25, -0.2) is 13.2 Å². The first kappa shape index (κ1) is 25.5. The molecule has 0 saturated carbocycles. The number of aromatic nitrogens is 1. The topological polar surface area (TPSA) is 106 Å². The molecule has 3 rings (SSSR count). The highest BCUT2D eigenvalue weighted by Gasteiger charge is 2.29. The van der Waals surface area contributed by atoms with E-state index in [1.54, 1.807) is 43.3 Å². The predicted octanol–water partition coefficient (Wildman–Crippen LogP) is 3.99. The number of anilines is 1. The van der Waals surface area contributed by atoms with Crippen LogP contribution in [0.3, 0.4) is 0 Å². The molecule has 0 spiro atoms. The molecule has 1 atom stereocenters. The lowest BCUT2D eigenvalue weighted by Crippen LogP contribution is -2.37. The number of carbonyl (C=O) groups is 1. The standard InChI is InChI=1S/C24H25ClN2O6S/c1-16-11-22(27(14-17(2)28)34(30,31)20-5-4-10-26-13-20)23(12-21(16)25)33-15-18-6-8-19(9-7-18)24(29)32-3/h4-13,17,28H,14-15H2,1-3H3. The van der Waals surface area contributed by atoms with Crippen molar-refractivity contribution in [2.24, 2.45) is 0 Å². The maximum atomic E-state index is 13.5. The van der Waals surface area contributed by atoms with Crippen LogP contribution in [-0.4, -0.2) is 44.2 Å². The summed E-state index contributed by atoms with van der Waals surface area (Å²) in [5.41, 5.74) is 2.02. The lowest BCUT2D eigenvalue weighted by atomic mass is 10.1. The van der Waals surface area contributed by atoms with Gasteiger partial charge in [-0.15, -0.1) is 0 Å². The lowest BCUT2D eigenvalue weighted by molar-refractivity contribution is 0.0600. The molecule has 0 aliphatic heterocycles. The predicted molar refractivity (Wildman–Crippen MR) is 129 cm³/mol. The van der Waals surface area contributed by atoms with Crippen LogP contribution in [0.5, 0.6) is 5.75 Å². The van der Waals surface area contributed by atoms with Crippen LogP contribution >= 0.6 is 11.6 Å². The van der Waals surface area contributed by atoms with Gasteiger partial charge in [0.25, 0.3) is 10.0 Å². The average Bonchev–Trinajstić information content (AvgIpc) is 2.83. The fraction of sp³-hybridized carbons (Fsp3) is 0.250. The summed E-state index contributed by atoms with van der Waals surface area (Å²) >= 11 is 6.32. The van der Waals surface area contributed by atoms with Crippen LogP contribution in [0.1, 0.15) is 28.4 Å². The van der Waals surface area contributed by atoms with Gasteiger partial charge in [0, 0.05) is 23.5 Å². The molecule has 0 fully saturated rings. The van der Waals surface area contributed by atoms with Gasteiger partial charge in [0.1, 0.15) is 17.3 Å². The van der Waals surface area contributed by atoms with E-state index in [4.69, 9.17) is 21.1 Å². The van der Waals surface area contributed by atoms with Crippen LogP contribution in [0.2, 0.25) is 5.02 Å². The minimum atomic E-state index is -4.07. The van der Waals surface area contributed by atoms with E-state index in [0.717, 1.165) is 9.87 Å². The molecule has 10 heteroatoms. The largest absolute Gasteiger partial charge is 0.487 e. The number of aliphatic hydroxyl groups excluding tert-OH is 1. The quantitative estimate of drug-likeness (QED) is 0.439. The summed E-state index contributed by atoms with van der Waals surface area (Å²) in [6, 6.07) is 12.8. The molecule has 8 nitrogen and oxygen atoms in total. The van der Waals surface area contributed by atoms with Gasteiger partial charge >= 0.3 is 5.97 Å². The molecule has 0 radical (unpaired) electrons. The summed E-state index contributed by atoms with van der Waals surface area (Å²) < 4.78 is 38.7. The van der Waals surface area contributed by atoms with Gasteiger partial charge in [-0.05, 0) is 55.3 Å². The second-order valence-electron chi connectivity index (χ2n) is 7.62. The molecule has 180 valence electrons. The first-order chi connectivity index (χ1) is 16.1. The minimum absolute atomic E-state index is 0.0207. The maximum Gasteiger partial charge on any atom is 0.337 e. The SMILES string of the molecule is COC(=O)c1ccc(COc2cc(Cl)c(C)cc2N(CC(C)O)S(=O)(=O)c2cccnc2)cc1. The summed E-state index contributed by atoms with van der Waals surface area (Å²) in [4.78, 5) is 15.5. The van der Waals surface area contributed by atoms with E-state index in [1.165, 1.54) is 38.6 Å². The molecule has 0 aliphatic rings. The summed E-state index contributed by atoms with van der Waals surface area (Å²) in [5.74, 6) is -0.227. The number of nitrogens with zero attached hydrogens (tertiary/aromatic N) is 2. The Kier molecular flexibility index (Phi) is 8.14. The fourth-order valence-electron chi connectivity index (χ4n) is 3.17. The minimum Gasteiger partial charge on any atom is -0.487 e. The third-order valence-electron chi connectivity index (χ3n) is 4.93. The van der Waals surface area contributed by atoms with Crippen LogP contribution < -0.4 is 9.04 Å². The van der Waals surface area contributed by atoms with Crippen molar-refractivity contribution in [3.63, 3.8) is 0 Å². The second-order valence-corrected chi connectivity index (χ2v) is 9.89. The van der Waals surface area contributed by atoms with Gasteiger partial charge in [0.05, 0.1) is 31.0 Å². The van der Waals surface area contributed by atoms with Gasteiger partial charge in [0.2, 0.25) is 0 Å². The molecule has 1 unspecified atom stereocenters. The zero-order chi connectivity index (χ0) is 24.9. The van der Waals surface area contributed by atoms with Crippen LogP contribution in [0.25, 0.3) is 0 Å². The van der Waals surface area contributed by atoms with E-state index < -0.39 is 22.1 Å². The molecule has 1 N–H and O–H groups in total. The molecular formula is C24H25ClN2O6S. The molecule has 1 heterocycles. The normalized spacial score (nSPS) is 12.1. The number of methoxy groups -OCH3 is 1. The monoisotopic (exact) mass is 504 g/mol. The second kappa shape index (κ2) is 10.9. The number of rotatable bonds is 9. The number of sulfonamides is 1. The fourth-order valence-corrected chi connectivity index (χ4v) is 4.83. The molecule has 0 bridgehead atoms. The Hall–Kier alpha value is -3.14. The number of aryl methyl sites for hydroxylation is 1. The van der Waals surface area contributed by atoms with Crippen molar-refractivity contribution < 1.29 is 27.8 Å². The Morgan fingerprint density at radius 2 is 1.91 bits per heavy atom. The summed E-state index contributed by atoms with van der Waals surface area (Å²) in [6.45, 7) is 3.13. The number of hydrogen-bond donors (Lipinski definition) is 1. The summed E-state index contributed by atoms with van der Waals surface area (Å²) in [7, 11) is -2.76. The number of ether oxygens (including phenoxy) is 2. The summed E-state index contributed by atoms with van der Waals surface area (Å²) in [6.07, 6.45) is 1.77. The van der Waals surface area contributed by atoms with Crippen LogP contribution in [0, 0.1) is 6.92 Å². The van der Waals surface area contributed by atoms with Crippen molar-refractivity contribution in [2.75, 3.05) is 18.0 Å². The van der Waals surface area contributed by atoms with Crippen LogP contribution in [-0.2, 0) is 21.4 Å². The van der Waals surface area contributed by atoms with Crippen LogP contribution in [0.15, 0.2) is 65.8 Å². The molecule has 0 amide bonds. The van der Waals surface area contributed by atoms with Crippen molar-refractivity contribution in [2.45, 2.75) is 31.5 Å². The lowest BCUT2D eigenvalue weighted by Gasteiger charge is -2.28. The number of aliphatic hydroxyl groups is 1. The Morgan fingerprint density at radius 3 is 2.50 bits per heavy atom. The van der Waals surface area contributed by atoms with Crippen molar-refractivity contribution in [3.05, 3.63) is 82.6 Å². The van der Waals surface area contributed by atoms with Gasteiger partial charge in [0.15, 0.2) is 0 Å². The maximum absolute atomic E-state index is 13.5. The van der Waals surface area contributed by atoms with Crippen molar-refractivity contribution >= 4 is 33.3 Å². The first-order valence-electron chi connectivity index (χ1n) is 10.3. The van der Waals surface area contributed by atoms with Gasteiger partial charge in [-0.1, -0.05) is 23.7 Å². The van der Waals surface area contributed by atoms with Crippen molar-refractivity contribution in [1.29, 1.82) is 0 Å². The van der Waals surface area contributed by atoms with Crippen LogP contribution in [0.4, 0.5) is 5.69 Å². The van der Waals surface area contributed by atoms with Crippen molar-refractivity contribution in [1.82, 2.24) is 4.98 Å². The van der Waals surface area contributed by atoms with Crippen molar-refractivity contribution in [3.8, 4) is 5.75 Å². The Labute approximate surface area is 203 Å². The Balaban J connectivity index is 1.99. The average molecular weight is 505 g/mol. The third-order valence-corrected chi connectivity index (χ3v) is 7.10. The number of halogens is 1. The smallest absolute Gasteiger partial charge is 0.337 e. The highest BCUT2D eigenvalue weighted by atomic mass is 35.5. The summed E-state index contributed by atoms with van der Waals surface area (Å²) in [5, 5.41) is 10.5. The number of hydrogen-bond acceptors (Lipinski definition) is 7. The molecule has 2 aromatic carbocycles. The van der Waals surface area contributed by atoms with Gasteiger partial charge in [-0.3, -0.25) is 9.29 Å². The molecule has 0 saturated heterocycles. The van der Waals surface area contributed by atoms with E-state index in [-0.39, 0.29) is 29.5 Å². The zero-order valence-electron chi connectivity index (χ0n) is 18.9. The Morgan fingerprint density at radius 1 is 1.21 bits per heavy atom. The van der Waals surface area contributed by atoms with Gasteiger partial charge < -0.3 is 14.6 Å². The molecule has 0 aliphatic carbocycles. The van der Waals surface area contributed by atoms with E-state index in [1.807, 2.05) is 0 Å². The third kappa shape index (κ3) is 5.85. The van der Waals surface area contributed by atoms with E-state index in [2.05, 4.69) is 4.98 Å². The molecular weight excluding hydrogens is 480 g/mol. The number of carbonyl (C=O) groups excluding carboxylic acids is 1. The highest BCUT2D eigenvalue weighted by molar-refractivity contribution is 7.92. The zero-order valence-corrected chi connectivity index (χ0v) is 20.5. The highest BCUT2D eigenvalue weighted by Crippen LogP contribution is 2.37. The van der Waals surface area contributed by atoms with E-state index in [9.17, 15) is 18.3 Å². The number of pyridine rings is 1. The molecule has 1 aromatic heterocycles. The molecule has 3 aromatic rings.